The number of benzene rings is 2. The average Bonchev–Trinajstić information content (AvgIpc) is 3.38. The summed E-state index contributed by atoms with van der Waals surface area (Å²) in [6, 6.07) is 11.6. The van der Waals surface area contributed by atoms with E-state index in [-0.39, 0.29) is 11.9 Å². The Balaban J connectivity index is 1.50. The summed E-state index contributed by atoms with van der Waals surface area (Å²) < 4.78 is 3.01. The van der Waals surface area contributed by atoms with Gasteiger partial charge in [-0.15, -0.1) is 11.3 Å². The summed E-state index contributed by atoms with van der Waals surface area (Å²) in [5, 5.41) is 1.04. The quantitative estimate of drug-likeness (QED) is 0.476. The maximum absolute atomic E-state index is 13.3. The van der Waals surface area contributed by atoms with E-state index in [1.54, 1.807) is 34.8 Å². The number of fused-ring (bicyclic) bond motifs is 4. The number of aromatic nitrogens is 4. The van der Waals surface area contributed by atoms with Crippen molar-refractivity contribution in [1.29, 1.82) is 0 Å². The van der Waals surface area contributed by atoms with Crippen molar-refractivity contribution in [2.75, 3.05) is 12.8 Å². The predicted molar refractivity (Wildman–Crippen MR) is 120 cm³/mol. The number of imidazole rings is 1. The number of thiazole rings is 1. The first-order valence-electron chi connectivity index (χ1n) is 9.58. The molecule has 3 heterocycles. The van der Waals surface area contributed by atoms with Gasteiger partial charge < -0.3 is 10.6 Å². The second-order valence-electron chi connectivity index (χ2n) is 7.40. The van der Waals surface area contributed by atoms with E-state index in [4.69, 9.17) is 5.73 Å². The number of amides is 1. The van der Waals surface area contributed by atoms with Gasteiger partial charge in [0.2, 0.25) is 0 Å². The number of rotatable bonds is 3. The lowest BCUT2D eigenvalue weighted by molar-refractivity contribution is 0.0743. The number of aryl methyl sites for hydroxylation is 1. The van der Waals surface area contributed by atoms with E-state index in [1.165, 1.54) is 0 Å². The van der Waals surface area contributed by atoms with Crippen molar-refractivity contribution in [3.8, 4) is 0 Å². The van der Waals surface area contributed by atoms with E-state index in [9.17, 15) is 4.79 Å². The molecule has 0 saturated heterocycles. The van der Waals surface area contributed by atoms with E-state index in [0.717, 1.165) is 37.3 Å². The van der Waals surface area contributed by atoms with Crippen LogP contribution in [0.15, 0.2) is 48.9 Å². The highest BCUT2D eigenvalue weighted by Gasteiger charge is 2.20. The Labute approximate surface area is 176 Å². The van der Waals surface area contributed by atoms with Crippen LogP contribution in [0.25, 0.3) is 26.8 Å². The Morgan fingerprint density at radius 1 is 1.13 bits per heavy atom. The van der Waals surface area contributed by atoms with Gasteiger partial charge in [0, 0.05) is 12.6 Å². The van der Waals surface area contributed by atoms with Gasteiger partial charge in [0.05, 0.1) is 44.8 Å². The Morgan fingerprint density at radius 2 is 1.97 bits per heavy atom. The largest absolute Gasteiger partial charge is 0.382 e. The number of nitrogen functional groups attached to an aromatic ring is 1. The Kier molecular flexibility index (Phi) is 4.18. The molecule has 0 aliphatic carbocycles. The summed E-state index contributed by atoms with van der Waals surface area (Å²) in [6.45, 7) is 4.03. The molecule has 0 saturated carbocycles. The highest BCUT2D eigenvalue weighted by Crippen LogP contribution is 2.28. The molecule has 7 nitrogen and oxygen atoms in total. The van der Waals surface area contributed by atoms with Crippen molar-refractivity contribution in [2.24, 2.45) is 0 Å². The molecule has 0 aliphatic heterocycles. The molecular formula is C22H20N6OS. The normalized spacial score (nSPS) is 12.6. The van der Waals surface area contributed by atoms with Crippen molar-refractivity contribution in [3.63, 3.8) is 0 Å². The Morgan fingerprint density at radius 3 is 2.80 bits per heavy atom. The summed E-state index contributed by atoms with van der Waals surface area (Å²) in [5.41, 5.74) is 10.9. The van der Waals surface area contributed by atoms with Crippen molar-refractivity contribution in [3.05, 3.63) is 65.1 Å². The first-order chi connectivity index (χ1) is 14.4. The molecule has 0 bridgehead atoms. The van der Waals surface area contributed by atoms with Gasteiger partial charge in [0.1, 0.15) is 11.3 Å². The topological polar surface area (TPSA) is 89.4 Å². The van der Waals surface area contributed by atoms with Crippen LogP contribution in [0.3, 0.4) is 0 Å². The van der Waals surface area contributed by atoms with Crippen LogP contribution >= 0.6 is 11.3 Å². The minimum Gasteiger partial charge on any atom is -0.382 e. The van der Waals surface area contributed by atoms with Gasteiger partial charge in [-0.3, -0.25) is 9.20 Å². The summed E-state index contributed by atoms with van der Waals surface area (Å²) in [4.78, 5) is 28.2. The maximum atomic E-state index is 13.3. The SMILES string of the molecule is Cc1nc2cc(C(C)N(C)C(=O)c3ccc4nc(N)c5cncn5c4c3)ccc2s1. The second kappa shape index (κ2) is 6.77. The fourth-order valence-electron chi connectivity index (χ4n) is 3.73. The number of nitrogens with zero attached hydrogens (tertiary/aromatic N) is 5. The van der Waals surface area contributed by atoms with E-state index < -0.39 is 0 Å². The number of hydrogen-bond donors (Lipinski definition) is 1. The van der Waals surface area contributed by atoms with Crippen LogP contribution in [-0.2, 0) is 0 Å². The van der Waals surface area contributed by atoms with Crippen LogP contribution < -0.4 is 5.73 Å². The van der Waals surface area contributed by atoms with Gasteiger partial charge >= 0.3 is 0 Å². The van der Waals surface area contributed by atoms with Gasteiger partial charge in [-0.05, 0) is 49.7 Å². The third-order valence-electron chi connectivity index (χ3n) is 5.53. The molecule has 1 atom stereocenters. The van der Waals surface area contributed by atoms with Crippen LogP contribution in [0.4, 0.5) is 5.82 Å². The minimum atomic E-state index is -0.0996. The van der Waals surface area contributed by atoms with Gasteiger partial charge in [0.15, 0.2) is 0 Å². The Hall–Kier alpha value is -3.52. The highest BCUT2D eigenvalue weighted by molar-refractivity contribution is 7.18. The van der Waals surface area contributed by atoms with Crippen molar-refractivity contribution in [2.45, 2.75) is 19.9 Å². The molecule has 8 heteroatoms. The molecule has 2 N–H and O–H groups in total. The molecular weight excluding hydrogens is 396 g/mol. The Bertz CT molecular complexity index is 1440. The maximum Gasteiger partial charge on any atom is 0.254 e. The molecule has 0 spiro atoms. The second-order valence-corrected chi connectivity index (χ2v) is 8.64. The van der Waals surface area contributed by atoms with E-state index in [0.29, 0.717) is 11.4 Å². The zero-order valence-corrected chi connectivity index (χ0v) is 17.6. The van der Waals surface area contributed by atoms with Crippen LogP contribution in [0.1, 0.15) is 33.9 Å². The number of hydrogen-bond acceptors (Lipinski definition) is 6. The number of anilines is 1. The molecule has 5 rings (SSSR count). The molecule has 3 aromatic heterocycles. The number of carbonyl (C=O) groups excluding carboxylic acids is 1. The highest BCUT2D eigenvalue weighted by atomic mass is 32.1. The molecule has 0 radical (unpaired) electrons. The lowest BCUT2D eigenvalue weighted by Crippen LogP contribution is -2.29. The van der Waals surface area contributed by atoms with Crippen molar-refractivity contribution < 1.29 is 4.79 Å². The van der Waals surface area contributed by atoms with Gasteiger partial charge in [-0.25, -0.2) is 15.0 Å². The molecule has 2 aromatic carbocycles. The number of nitrogens with two attached hydrogens (primary N) is 1. The van der Waals surface area contributed by atoms with Gasteiger partial charge in [-0.2, -0.15) is 0 Å². The standard InChI is InChI=1S/C22H20N6OS/c1-12(14-5-7-20-17(8-14)25-13(2)30-20)27(3)22(29)15-4-6-16-18(9-15)28-11-24-10-19(28)21(23)26-16/h4-12H,1-3H3,(H2,23,26). The van der Waals surface area contributed by atoms with Crippen molar-refractivity contribution >= 4 is 49.8 Å². The van der Waals surface area contributed by atoms with E-state index in [1.807, 2.05) is 37.4 Å². The van der Waals surface area contributed by atoms with Crippen LogP contribution in [0.2, 0.25) is 0 Å². The third-order valence-corrected chi connectivity index (χ3v) is 6.48. The molecule has 5 aromatic rings. The minimum absolute atomic E-state index is 0.0657. The fraction of sp³-hybridized carbons (Fsp3) is 0.182. The lowest BCUT2D eigenvalue weighted by atomic mass is 10.1. The zero-order chi connectivity index (χ0) is 21.0. The molecule has 1 unspecified atom stereocenters. The monoisotopic (exact) mass is 416 g/mol. The first-order valence-corrected chi connectivity index (χ1v) is 10.4. The number of carbonyl (C=O) groups is 1. The summed E-state index contributed by atoms with van der Waals surface area (Å²) >= 11 is 1.67. The average molecular weight is 417 g/mol. The summed E-state index contributed by atoms with van der Waals surface area (Å²) in [5.74, 6) is 0.349. The molecule has 0 fully saturated rings. The predicted octanol–water partition coefficient (Wildman–Crippen LogP) is 4.22. The third kappa shape index (κ3) is 2.88. The summed E-state index contributed by atoms with van der Waals surface area (Å²) in [7, 11) is 1.82. The fourth-order valence-corrected chi connectivity index (χ4v) is 4.54. The van der Waals surface area contributed by atoms with Gasteiger partial charge in [-0.1, -0.05) is 6.07 Å². The first kappa shape index (κ1) is 18.5. The van der Waals surface area contributed by atoms with Crippen LogP contribution in [0.5, 0.6) is 0 Å². The smallest absolute Gasteiger partial charge is 0.254 e. The summed E-state index contributed by atoms with van der Waals surface area (Å²) in [6.07, 6.45) is 3.35. The van der Waals surface area contributed by atoms with E-state index in [2.05, 4.69) is 33.2 Å². The molecule has 0 aliphatic rings. The molecule has 1 amide bonds. The van der Waals surface area contributed by atoms with E-state index >= 15 is 0 Å². The van der Waals surface area contributed by atoms with Crippen molar-refractivity contribution in [1.82, 2.24) is 24.3 Å². The van der Waals surface area contributed by atoms with Gasteiger partial charge in [0.25, 0.3) is 5.91 Å². The lowest BCUT2D eigenvalue weighted by Gasteiger charge is -2.25. The van der Waals surface area contributed by atoms with Crippen LogP contribution in [0, 0.1) is 6.92 Å². The zero-order valence-electron chi connectivity index (χ0n) is 16.8. The molecule has 30 heavy (non-hydrogen) atoms. The van der Waals surface area contributed by atoms with Crippen LogP contribution in [-0.4, -0.2) is 37.2 Å². The molecule has 150 valence electrons.